The molecule has 19 heavy (non-hydrogen) atoms. The van der Waals surface area contributed by atoms with Crippen LogP contribution in [0.25, 0.3) is 11.2 Å². The largest absolute Gasteiger partial charge is 0.338 e. The lowest BCUT2D eigenvalue weighted by Gasteiger charge is -2.09. The Hall–Kier alpha value is -2.21. The van der Waals surface area contributed by atoms with E-state index in [4.69, 9.17) is 11.6 Å². The SMILES string of the molecule is Cc1ccc(Cl)cc1Nc1ncnc2c1nnn2C. The number of anilines is 2. The van der Waals surface area contributed by atoms with Gasteiger partial charge in [-0.05, 0) is 24.6 Å². The highest BCUT2D eigenvalue weighted by atomic mass is 35.5. The summed E-state index contributed by atoms with van der Waals surface area (Å²) < 4.78 is 1.60. The minimum Gasteiger partial charge on any atom is -0.338 e. The number of halogens is 1. The lowest BCUT2D eigenvalue weighted by Crippen LogP contribution is -1.98. The van der Waals surface area contributed by atoms with Crippen molar-refractivity contribution < 1.29 is 0 Å². The first kappa shape index (κ1) is 11.9. The van der Waals surface area contributed by atoms with E-state index < -0.39 is 0 Å². The summed E-state index contributed by atoms with van der Waals surface area (Å²) in [6, 6.07) is 5.64. The highest BCUT2D eigenvalue weighted by Crippen LogP contribution is 2.25. The summed E-state index contributed by atoms with van der Waals surface area (Å²) >= 11 is 6.00. The smallest absolute Gasteiger partial charge is 0.183 e. The minimum absolute atomic E-state index is 0.614. The van der Waals surface area contributed by atoms with Crippen molar-refractivity contribution in [3.05, 3.63) is 35.1 Å². The first-order chi connectivity index (χ1) is 9.15. The van der Waals surface area contributed by atoms with E-state index in [0.717, 1.165) is 11.3 Å². The van der Waals surface area contributed by atoms with Gasteiger partial charge in [-0.1, -0.05) is 22.9 Å². The second kappa shape index (κ2) is 4.47. The number of hydrogen-bond acceptors (Lipinski definition) is 5. The van der Waals surface area contributed by atoms with Crippen LogP contribution in [0, 0.1) is 6.92 Å². The monoisotopic (exact) mass is 274 g/mol. The lowest BCUT2D eigenvalue weighted by molar-refractivity contribution is 0.729. The first-order valence-corrected chi connectivity index (χ1v) is 6.06. The molecule has 0 amide bonds. The Kier molecular flexibility index (Phi) is 2.79. The van der Waals surface area contributed by atoms with E-state index in [1.54, 1.807) is 11.7 Å². The Morgan fingerprint density at radius 2 is 2.11 bits per heavy atom. The van der Waals surface area contributed by atoms with Crippen molar-refractivity contribution in [3.8, 4) is 0 Å². The molecule has 6 nitrogen and oxygen atoms in total. The van der Waals surface area contributed by atoms with Gasteiger partial charge >= 0.3 is 0 Å². The summed E-state index contributed by atoms with van der Waals surface area (Å²) in [6.07, 6.45) is 1.48. The Bertz CT molecular complexity index is 751. The Morgan fingerprint density at radius 1 is 1.26 bits per heavy atom. The van der Waals surface area contributed by atoms with E-state index >= 15 is 0 Å². The van der Waals surface area contributed by atoms with Crippen LogP contribution < -0.4 is 5.32 Å². The van der Waals surface area contributed by atoms with Gasteiger partial charge in [0.25, 0.3) is 0 Å². The molecular weight excluding hydrogens is 264 g/mol. The van der Waals surface area contributed by atoms with E-state index in [-0.39, 0.29) is 0 Å². The summed E-state index contributed by atoms with van der Waals surface area (Å²) in [4.78, 5) is 8.35. The quantitative estimate of drug-likeness (QED) is 0.777. The summed E-state index contributed by atoms with van der Waals surface area (Å²) in [5.74, 6) is 0.614. The van der Waals surface area contributed by atoms with Crippen molar-refractivity contribution in [1.29, 1.82) is 0 Å². The van der Waals surface area contributed by atoms with Crippen LogP contribution in [0.5, 0.6) is 0 Å². The number of aromatic nitrogens is 5. The van der Waals surface area contributed by atoms with Crippen LogP contribution in [0.4, 0.5) is 11.5 Å². The third kappa shape index (κ3) is 2.10. The first-order valence-electron chi connectivity index (χ1n) is 5.69. The van der Waals surface area contributed by atoms with Crippen molar-refractivity contribution in [1.82, 2.24) is 25.0 Å². The molecule has 0 unspecified atom stereocenters. The average Bonchev–Trinajstić information content (AvgIpc) is 2.77. The number of nitrogens with one attached hydrogen (secondary N) is 1. The Balaban J connectivity index is 2.08. The summed E-state index contributed by atoms with van der Waals surface area (Å²) in [7, 11) is 1.79. The van der Waals surface area contributed by atoms with Crippen LogP contribution in [0.1, 0.15) is 5.56 Å². The van der Waals surface area contributed by atoms with Crippen molar-refractivity contribution >= 4 is 34.3 Å². The lowest BCUT2D eigenvalue weighted by atomic mass is 10.2. The molecule has 0 bridgehead atoms. The molecule has 0 radical (unpaired) electrons. The highest BCUT2D eigenvalue weighted by Gasteiger charge is 2.10. The number of nitrogens with zero attached hydrogens (tertiary/aromatic N) is 5. The molecular formula is C12H11ClN6. The molecule has 96 valence electrons. The van der Waals surface area contributed by atoms with Gasteiger partial charge in [0.1, 0.15) is 6.33 Å². The molecule has 3 rings (SSSR count). The number of benzene rings is 1. The maximum Gasteiger partial charge on any atom is 0.183 e. The normalized spacial score (nSPS) is 10.9. The molecule has 2 heterocycles. The predicted octanol–water partition coefficient (Wildman–Crippen LogP) is 2.46. The number of aryl methyl sites for hydroxylation is 2. The minimum atomic E-state index is 0.614. The van der Waals surface area contributed by atoms with E-state index in [2.05, 4.69) is 25.6 Å². The molecule has 0 atom stereocenters. The van der Waals surface area contributed by atoms with Gasteiger partial charge in [0.15, 0.2) is 17.0 Å². The predicted molar refractivity (Wildman–Crippen MR) is 73.6 cm³/mol. The van der Waals surface area contributed by atoms with Gasteiger partial charge in [-0.2, -0.15) is 0 Å². The molecule has 7 heteroatoms. The van der Waals surface area contributed by atoms with Gasteiger partial charge in [0.05, 0.1) is 0 Å². The average molecular weight is 275 g/mol. The van der Waals surface area contributed by atoms with E-state index in [9.17, 15) is 0 Å². The maximum atomic E-state index is 6.00. The fourth-order valence-corrected chi connectivity index (χ4v) is 1.97. The Morgan fingerprint density at radius 3 is 2.95 bits per heavy atom. The molecule has 0 saturated heterocycles. The Labute approximate surface area is 114 Å². The van der Waals surface area contributed by atoms with E-state index in [1.807, 2.05) is 25.1 Å². The third-order valence-corrected chi connectivity index (χ3v) is 3.08. The summed E-state index contributed by atoms with van der Waals surface area (Å²) in [6.45, 7) is 1.99. The zero-order valence-electron chi connectivity index (χ0n) is 10.4. The van der Waals surface area contributed by atoms with E-state index in [0.29, 0.717) is 22.0 Å². The topological polar surface area (TPSA) is 68.5 Å². The van der Waals surface area contributed by atoms with Crippen LogP contribution in [-0.4, -0.2) is 25.0 Å². The second-order valence-electron chi connectivity index (χ2n) is 4.19. The molecule has 1 N–H and O–H groups in total. The fourth-order valence-electron chi connectivity index (χ4n) is 1.80. The van der Waals surface area contributed by atoms with Crippen LogP contribution in [0.15, 0.2) is 24.5 Å². The third-order valence-electron chi connectivity index (χ3n) is 2.84. The molecule has 2 aromatic heterocycles. The molecule has 0 aliphatic rings. The van der Waals surface area contributed by atoms with Gasteiger partial charge in [-0.3, -0.25) is 0 Å². The van der Waals surface area contributed by atoms with Crippen molar-refractivity contribution in [2.24, 2.45) is 7.05 Å². The molecule has 0 aliphatic heterocycles. The zero-order valence-corrected chi connectivity index (χ0v) is 11.2. The van der Waals surface area contributed by atoms with Crippen molar-refractivity contribution in [2.75, 3.05) is 5.32 Å². The van der Waals surface area contributed by atoms with Crippen LogP contribution in [0.2, 0.25) is 5.02 Å². The molecule has 0 saturated carbocycles. The fraction of sp³-hybridized carbons (Fsp3) is 0.167. The molecule has 3 aromatic rings. The number of rotatable bonds is 2. The van der Waals surface area contributed by atoms with Gasteiger partial charge in [-0.25, -0.2) is 14.6 Å². The molecule has 0 aliphatic carbocycles. The standard InChI is InChI=1S/C12H11ClN6/c1-7-3-4-8(13)5-9(7)16-11-10-12(15-6-14-11)19(2)18-17-10/h3-6H,1-2H3,(H,14,15,16). The van der Waals surface area contributed by atoms with Crippen LogP contribution >= 0.6 is 11.6 Å². The molecule has 1 aromatic carbocycles. The van der Waals surface area contributed by atoms with Gasteiger partial charge in [-0.15, -0.1) is 5.10 Å². The highest BCUT2D eigenvalue weighted by molar-refractivity contribution is 6.30. The summed E-state index contributed by atoms with van der Waals surface area (Å²) in [5.41, 5.74) is 3.26. The van der Waals surface area contributed by atoms with Crippen LogP contribution in [-0.2, 0) is 7.05 Å². The van der Waals surface area contributed by atoms with Gasteiger partial charge in [0.2, 0.25) is 0 Å². The van der Waals surface area contributed by atoms with Crippen LogP contribution in [0.3, 0.4) is 0 Å². The number of fused-ring (bicyclic) bond motifs is 1. The second-order valence-corrected chi connectivity index (χ2v) is 4.63. The maximum absolute atomic E-state index is 6.00. The van der Waals surface area contributed by atoms with Crippen molar-refractivity contribution in [2.45, 2.75) is 6.92 Å². The summed E-state index contributed by atoms with van der Waals surface area (Å²) in [5, 5.41) is 11.9. The molecule has 0 fully saturated rings. The van der Waals surface area contributed by atoms with E-state index in [1.165, 1.54) is 6.33 Å². The zero-order chi connectivity index (χ0) is 13.4. The molecule has 0 spiro atoms. The van der Waals surface area contributed by atoms with Crippen molar-refractivity contribution in [3.63, 3.8) is 0 Å². The van der Waals surface area contributed by atoms with Gasteiger partial charge < -0.3 is 5.32 Å². The number of hydrogen-bond donors (Lipinski definition) is 1. The van der Waals surface area contributed by atoms with Gasteiger partial charge in [0, 0.05) is 17.8 Å².